The molecule has 4 N–H and O–H groups in total. The minimum atomic E-state index is -4.59. The molecule has 2 heterocycles. The number of fused-ring (bicyclic) bond motifs is 1. The highest BCUT2D eigenvalue weighted by Gasteiger charge is 2.29. The van der Waals surface area contributed by atoms with Gasteiger partial charge in [0.1, 0.15) is 35.6 Å². The van der Waals surface area contributed by atoms with Crippen LogP contribution in [0.15, 0.2) is 55.1 Å². The summed E-state index contributed by atoms with van der Waals surface area (Å²) in [4.78, 5) is 28.2. The Morgan fingerprint density at radius 2 is 1.82 bits per heavy atom. The van der Waals surface area contributed by atoms with E-state index in [-0.39, 0.29) is 39.8 Å². The Morgan fingerprint density at radius 3 is 2.48 bits per heavy atom. The predicted molar refractivity (Wildman–Crippen MR) is 136 cm³/mol. The topological polar surface area (TPSA) is 146 Å². The SMILES string of the molecule is C=C(F)C(=O)Nc1ccc(-c2nn3ncnc(N)c3c2-c2ccc(C(=O)NCC(F)(F)F)c(OC)c2)c(OC)c1. The number of nitrogens with zero attached hydrogens (tertiary/aromatic N) is 4. The number of carbonyl (C=O) groups is 2. The molecule has 0 aliphatic carbocycles. The summed E-state index contributed by atoms with van der Waals surface area (Å²) < 4.78 is 63.0. The molecule has 0 atom stereocenters. The van der Waals surface area contributed by atoms with Crippen molar-refractivity contribution in [1.82, 2.24) is 25.1 Å². The number of benzene rings is 2. The molecule has 0 aliphatic heterocycles. The van der Waals surface area contributed by atoms with Crippen LogP contribution in [0.25, 0.3) is 27.9 Å². The van der Waals surface area contributed by atoms with Gasteiger partial charge in [-0.15, -0.1) is 14.8 Å². The Balaban J connectivity index is 1.86. The normalized spacial score (nSPS) is 11.2. The fourth-order valence-corrected chi connectivity index (χ4v) is 3.85. The van der Waals surface area contributed by atoms with E-state index in [9.17, 15) is 27.2 Å². The number of methoxy groups -OCH3 is 2. The summed E-state index contributed by atoms with van der Waals surface area (Å²) in [6.07, 6.45) is -3.40. The zero-order valence-electron chi connectivity index (χ0n) is 21.0. The summed E-state index contributed by atoms with van der Waals surface area (Å²) in [5, 5.41) is 12.8. The van der Waals surface area contributed by atoms with Crippen LogP contribution in [0, 0.1) is 0 Å². The first-order chi connectivity index (χ1) is 18.9. The molecule has 0 fully saturated rings. The minimum absolute atomic E-state index is 0.0191. The Kier molecular flexibility index (Phi) is 7.56. The van der Waals surface area contributed by atoms with Crippen LogP contribution in [-0.2, 0) is 4.79 Å². The van der Waals surface area contributed by atoms with Gasteiger partial charge in [0.15, 0.2) is 11.6 Å². The Bertz CT molecular complexity index is 1640. The molecule has 208 valence electrons. The maximum atomic E-state index is 13.2. The highest BCUT2D eigenvalue weighted by molar-refractivity contribution is 6.03. The Morgan fingerprint density at radius 1 is 1.10 bits per heavy atom. The van der Waals surface area contributed by atoms with E-state index in [0.717, 1.165) is 0 Å². The molecule has 0 saturated heterocycles. The summed E-state index contributed by atoms with van der Waals surface area (Å²) >= 11 is 0. The number of halogens is 4. The summed E-state index contributed by atoms with van der Waals surface area (Å²) in [6.45, 7) is 1.44. The number of nitrogens with one attached hydrogen (secondary N) is 2. The molecule has 0 unspecified atom stereocenters. The summed E-state index contributed by atoms with van der Waals surface area (Å²) in [7, 11) is 2.63. The molecule has 15 heteroatoms. The van der Waals surface area contributed by atoms with Crippen molar-refractivity contribution < 1.29 is 36.6 Å². The molecule has 0 radical (unpaired) electrons. The molecule has 0 aliphatic rings. The van der Waals surface area contributed by atoms with E-state index in [0.29, 0.717) is 16.7 Å². The third-order valence-electron chi connectivity index (χ3n) is 5.61. The van der Waals surface area contributed by atoms with Crippen LogP contribution < -0.4 is 25.8 Å². The second kappa shape index (κ2) is 10.9. The van der Waals surface area contributed by atoms with E-state index < -0.39 is 30.4 Å². The van der Waals surface area contributed by atoms with Crippen LogP contribution in [0.1, 0.15) is 10.4 Å². The largest absolute Gasteiger partial charge is 0.496 e. The number of anilines is 2. The maximum absolute atomic E-state index is 13.2. The van der Waals surface area contributed by atoms with Gasteiger partial charge in [0.2, 0.25) is 0 Å². The Labute approximate surface area is 223 Å². The zero-order chi connectivity index (χ0) is 29.2. The summed E-state index contributed by atoms with van der Waals surface area (Å²) in [5.41, 5.74) is 7.99. The number of nitrogens with two attached hydrogens (primary N) is 1. The van der Waals surface area contributed by atoms with Gasteiger partial charge in [-0.2, -0.15) is 13.2 Å². The molecule has 0 bridgehead atoms. The van der Waals surface area contributed by atoms with Gasteiger partial charge < -0.3 is 25.8 Å². The second-order valence-corrected chi connectivity index (χ2v) is 8.19. The van der Waals surface area contributed by atoms with E-state index in [4.69, 9.17) is 15.2 Å². The lowest BCUT2D eigenvalue weighted by molar-refractivity contribution is -0.123. The Hall–Kier alpha value is -5.21. The number of rotatable bonds is 8. The number of ether oxygens (including phenoxy) is 2. The van der Waals surface area contributed by atoms with Crippen molar-refractivity contribution >= 4 is 28.8 Å². The first-order valence-corrected chi connectivity index (χ1v) is 11.3. The van der Waals surface area contributed by atoms with Crippen molar-refractivity contribution in [2.24, 2.45) is 0 Å². The lowest BCUT2D eigenvalue weighted by Crippen LogP contribution is -2.33. The highest BCUT2D eigenvalue weighted by atomic mass is 19.4. The summed E-state index contributed by atoms with van der Waals surface area (Å²) in [5.74, 6) is -2.93. The second-order valence-electron chi connectivity index (χ2n) is 8.19. The number of alkyl halides is 3. The van der Waals surface area contributed by atoms with Crippen molar-refractivity contribution in [3.05, 3.63) is 60.7 Å². The van der Waals surface area contributed by atoms with Gasteiger partial charge in [-0.3, -0.25) is 9.59 Å². The highest BCUT2D eigenvalue weighted by Crippen LogP contribution is 2.42. The quantitative estimate of drug-likeness (QED) is 0.219. The molecule has 4 aromatic rings. The van der Waals surface area contributed by atoms with Gasteiger partial charge in [0, 0.05) is 22.9 Å². The molecule has 4 rings (SSSR count). The van der Waals surface area contributed by atoms with Crippen molar-refractivity contribution in [2.75, 3.05) is 31.8 Å². The first-order valence-electron chi connectivity index (χ1n) is 11.3. The standard InChI is InChI=1S/C25H21F4N7O4/c1-12(26)23(37)34-14-5-7-15(18(9-14)40-3)20-19(21-22(30)32-11-33-36(21)35-20)13-4-6-16(17(8-13)39-2)24(38)31-10-25(27,28)29/h4-9,11H,1,10H2,2-3H3,(H,31,38)(H,34,37)(H2,30,32,33). The molecular formula is C25H21F4N7O4. The van der Waals surface area contributed by atoms with Gasteiger partial charge in [-0.25, -0.2) is 9.37 Å². The fourth-order valence-electron chi connectivity index (χ4n) is 3.85. The summed E-state index contributed by atoms with van der Waals surface area (Å²) in [6, 6.07) is 8.69. The van der Waals surface area contributed by atoms with Crippen molar-refractivity contribution in [3.63, 3.8) is 0 Å². The maximum Gasteiger partial charge on any atom is 0.405 e. The van der Waals surface area contributed by atoms with Crippen molar-refractivity contribution in [3.8, 4) is 33.9 Å². The van der Waals surface area contributed by atoms with Gasteiger partial charge >= 0.3 is 6.18 Å². The van der Waals surface area contributed by atoms with Crippen LogP contribution in [0.3, 0.4) is 0 Å². The number of nitrogen functional groups attached to an aromatic ring is 1. The molecule has 40 heavy (non-hydrogen) atoms. The van der Waals surface area contributed by atoms with E-state index in [1.54, 1.807) is 6.07 Å². The molecule has 2 aromatic carbocycles. The predicted octanol–water partition coefficient (Wildman–Crippen LogP) is 3.77. The molecule has 0 spiro atoms. The third kappa shape index (κ3) is 5.62. The number of aromatic nitrogens is 4. The van der Waals surface area contributed by atoms with Crippen molar-refractivity contribution in [1.29, 1.82) is 0 Å². The first kappa shape index (κ1) is 27.8. The van der Waals surface area contributed by atoms with Gasteiger partial charge in [-0.1, -0.05) is 12.6 Å². The number of hydrogen-bond acceptors (Lipinski definition) is 8. The average Bonchev–Trinajstić information content (AvgIpc) is 3.31. The molecule has 0 saturated carbocycles. The van der Waals surface area contributed by atoms with E-state index >= 15 is 0 Å². The van der Waals surface area contributed by atoms with E-state index in [1.165, 1.54) is 55.5 Å². The van der Waals surface area contributed by atoms with Crippen LogP contribution in [0.4, 0.5) is 29.1 Å². The van der Waals surface area contributed by atoms with E-state index in [2.05, 4.69) is 27.1 Å². The lowest BCUT2D eigenvalue weighted by atomic mass is 9.97. The van der Waals surface area contributed by atoms with Gasteiger partial charge in [0.25, 0.3) is 11.8 Å². The molecule has 11 nitrogen and oxygen atoms in total. The zero-order valence-corrected chi connectivity index (χ0v) is 21.0. The molecular weight excluding hydrogens is 538 g/mol. The average molecular weight is 559 g/mol. The lowest BCUT2D eigenvalue weighted by Gasteiger charge is -2.14. The number of carbonyl (C=O) groups excluding carboxylic acids is 2. The molecule has 2 amide bonds. The monoisotopic (exact) mass is 559 g/mol. The minimum Gasteiger partial charge on any atom is -0.496 e. The molecule has 2 aromatic heterocycles. The number of amides is 2. The van der Waals surface area contributed by atoms with Crippen LogP contribution in [0.2, 0.25) is 0 Å². The third-order valence-corrected chi connectivity index (χ3v) is 5.61. The number of hydrogen-bond donors (Lipinski definition) is 3. The van der Waals surface area contributed by atoms with Gasteiger partial charge in [0.05, 0.1) is 19.8 Å². The van der Waals surface area contributed by atoms with E-state index in [1.807, 2.05) is 5.32 Å². The fraction of sp³-hybridized carbons (Fsp3) is 0.160. The van der Waals surface area contributed by atoms with Gasteiger partial charge in [-0.05, 0) is 29.8 Å². The van der Waals surface area contributed by atoms with Crippen LogP contribution in [0.5, 0.6) is 11.5 Å². The van der Waals surface area contributed by atoms with Crippen molar-refractivity contribution in [2.45, 2.75) is 6.18 Å². The smallest absolute Gasteiger partial charge is 0.405 e. The van der Waals surface area contributed by atoms with Crippen LogP contribution >= 0.6 is 0 Å². The van der Waals surface area contributed by atoms with Crippen LogP contribution in [-0.4, -0.2) is 58.6 Å².